The molecule has 0 unspecified atom stereocenters. The van der Waals surface area contributed by atoms with Crippen molar-refractivity contribution >= 4 is 55.2 Å². The number of nitrogens with one attached hydrogen (secondary N) is 2. The summed E-state index contributed by atoms with van der Waals surface area (Å²) in [7, 11) is -3.72. The normalized spacial score (nSPS) is 11.7. The minimum atomic E-state index is -3.72. The molecule has 0 saturated heterocycles. The number of sulfonamides is 1. The lowest BCUT2D eigenvalue weighted by Crippen LogP contribution is -2.22. The first-order valence-corrected chi connectivity index (χ1v) is 11.4. The average molecular weight is 521 g/mol. The van der Waals surface area contributed by atoms with E-state index in [4.69, 9.17) is 16.0 Å². The predicted molar refractivity (Wildman–Crippen MR) is 121 cm³/mol. The van der Waals surface area contributed by atoms with Crippen LogP contribution in [0.15, 0.2) is 80.0 Å². The van der Waals surface area contributed by atoms with E-state index in [1.54, 1.807) is 42.5 Å². The quantitative estimate of drug-likeness (QED) is 0.346. The predicted octanol–water partition coefficient (Wildman–Crippen LogP) is 4.72. The van der Waals surface area contributed by atoms with Gasteiger partial charge in [-0.05, 0) is 60.7 Å². The summed E-state index contributed by atoms with van der Waals surface area (Å²) in [5.41, 5.74) is 0.310. The van der Waals surface area contributed by atoms with Crippen molar-refractivity contribution in [1.29, 1.82) is 5.26 Å². The van der Waals surface area contributed by atoms with Crippen LogP contribution >= 0.6 is 27.5 Å². The highest BCUT2D eigenvalue weighted by molar-refractivity contribution is 9.10. The number of carbonyl (C=O) groups excluding carboxylic acids is 1. The van der Waals surface area contributed by atoms with Crippen molar-refractivity contribution in [1.82, 2.24) is 4.72 Å². The van der Waals surface area contributed by atoms with Gasteiger partial charge in [0.15, 0.2) is 0 Å². The summed E-state index contributed by atoms with van der Waals surface area (Å²) >= 11 is 9.06. The molecule has 3 rings (SSSR count). The van der Waals surface area contributed by atoms with Crippen molar-refractivity contribution in [2.24, 2.45) is 0 Å². The smallest absolute Gasteiger partial charge is 0.266 e. The van der Waals surface area contributed by atoms with E-state index in [-0.39, 0.29) is 22.8 Å². The number of anilines is 1. The van der Waals surface area contributed by atoms with Crippen LogP contribution in [-0.2, 0) is 21.4 Å². The second-order valence-corrected chi connectivity index (χ2v) is 9.33. The first-order chi connectivity index (χ1) is 14.8. The molecule has 0 spiro atoms. The number of rotatable bonds is 7. The molecule has 0 aliphatic rings. The molecule has 158 valence electrons. The SMILES string of the molecule is N#C/C(=C/c1ccc(CNS(=O)(=O)c2ccc(Br)cc2)o1)C(=O)Nc1ccc(Cl)cc1. The number of hydrogen-bond donors (Lipinski definition) is 2. The van der Waals surface area contributed by atoms with E-state index >= 15 is 0 Å². The molecule has 0 radical (unpaired) electrons. The van der Waals surface area contributed by atoms with Gasteiger partial charge in [0.1, 0.15) is 23.2 Å². The molecule has 3 aromatic rings. The van der Waals surface area contributed by atoms with Gasteiger partial charge in [-0.1, -0.05) is 27.5 Å². The first-order valence-electron chi connectivity index (χ1n) is 8.79. The summed E-state index contributed by atoms with van der Waals surface area (Å²) in [5.74, 6) is -0.0540. The van der Waals surface area contributed by atoms with Gasteiger partial charge in [0, 0.05) is 21.3 Å². The number of benzene rings is 2. The highest BCUT2D eigenvalue weighted by Gasteiger charge is 2.15. The molecule has 31 heavy (non-hydrogen) atoms. The zero-order chi connectivity index (χ0) is 22.4. The average Bonchev–Trinajstić information content (AvgIpc) is 3.20. The zero-order valence-corrected chi connectivity index (χ0v) is 19.0. The van der Waals surface area contributed by atoms with Crippen LogP contribution in [0.2, 0.25) is 5.02 Å². The largest absolute Gasteiger partial charge is 0.460 e. The summed E-state index contributed by atoms with van der Waals surface area (Å²) in [4.78, 5) is 12.4. The number of nitriles is 1. The third-order valence-corrected chi connectivity index (χ3v) is 6.19. The molecule has 1 heterocycles. The monoisotopic (exact) mass is 519 g/mol. The number of halogens is 2. The number of amides is 1. The van der Waals surface area contributed by atoms with Crippen molar-refractivity contribution in [3.8, 4) is 6.07 Å². The third kappa shape index (κ3) is 6.29. The lowest BCUT2D eigenvalue weighted by molar-refractivity contribution is -0.112. The molecule has 1 aromatic heterocycles. The van der Waals surface area contributed by atoms with Crippen molar-refractivity contribution in [3.05, 3.63) is 87.3 Å². The van der Waals surface area contributed by atoms with Crippen LogP contribution in [-0.4, -0.2) is 14.3 Å². The number of carbonyl (C=O) groups is 1. The Labute approximate surface area is 192 Å². The molecule has 1 amide bonds. The Morgan fingerprint density at radius 3 is 2.42 bits per heavy atom. The van der Waals surface area contributed by atoms with Crippen LogP contribution in [0.3, 0.4) is 0 Å². The number of nitrogens with zero attached hydrogens (tertiary/aromatic N) is 1. The molecular formula is C21H15BrClN3O4S. The Bertz CT molecular complexity index is 1260. The van der Waals surface area contributed by atoms with E-state index in [1.807, 2.05) is 6.07 Å². The fourth-order valence-electron chi connectivity index (χ4n) is 2.45. The van der Waals surface area contributed by atoms with E-state index in [1.165, 1.54) is 24.3 Å². The molecule has 2 aromatic carbocycles. The van der Waals surface area contributed by atoms with Crippen LogP contribution < -0.4 is 10.0 Å². The van der Waals surface area contributed by atoms with Gasteiger partial charge >= 0.3 is 0 Å². The lowest BCUT2D eigenvalue weighted by atomic mass is 10.2. The number of furan rings is 1. The second-order valence-electron chi connectivity index (χ2n) is 6.21. The van der Waals surface area contributed by atoms with Gasteiger partial charge in [-0.3, -0.25) is 4.79 Å². The fourth-order valence-corrected chi connectivity index (χ4v) is 3.84. The molecule has 0 atom stereocenters. The molecule has 0 bridgehead atoms. The maximum atomic E-state index is 12.3. The van der Waals surface area contributed by atoms with Crippen molar-refractivity contribution in [2.75, 3.05) is 5.32 Å². The van der Waals surface area contributed by atoms with Crippen LogP contribution in [0, 0.1) is 11.3 Å². The zero-order valence-electron chi connectivity index (χ0n) is 15.8. The summed E-state index contributed by atoms with van der Waals surface area (Å²) in [6.45, 7) is -0.0922. The van der Waals surface area contributed by atoms with Gasteiger partial charge in [0.05, 0.1) is 11.4 Å². The third-order valence-electron chi connectivity index (χ3n) is 4.00. The molecule has 2 N–H and O–H groups in total. The summed E-state index contributed by atoms with van der Waals surface area (Å²) < 4.78 is 33.4. The highest BCUT2D eigenvalue weighted by Crippen LogP contribution is 2.18. The maximum absolute atomic E-state index is 12.3. The molecule has 0 aliphatic heterocycles. The molecule has 0 saturated carbocycles. The van der Waals surface area contributed by atoms with Crippen LogP contribution in [0.25, 0.3) is 6.08 Å². The van der Waals surface area contributed by atoms with Gasteiger partial charge in [-0.25, -0.2) is 13.1 Å². The highest BCUT2D eigenvalue weighted by atomic mass is 79.9. The van der Waals surface area contributed by atoms with Gasteiger partial charge in [0.25, 0.3) is 5.91 Å². The summed E-state index contributed by atoms with van der Waals surface area (Å²) in [6.07, 6.45) is 1.28. The maximum Gasteiger partial charge on any atom is 0.266 e. The number of hydrogen-bond acceptors (Lipinski definition) is 5. The van der Waals surface area contributed by atoms with Gasteiger partial charge in [-0.15, -0.1) is 0 Å². The van der Waals surface area contributed by atoms with Crippen LogP contribution in [0.4, 0.5) is 5.69 Å². The standard InChI is InChI=1S/C21H15BrClN3O4S/c22-15-1-9-20(10-2-15)31(28,29)25-13-19-8-7-18(30-19)11-14(12-24)21(27)26-17-5-3-16(23)4-6-17/h1-11,25H,13H2,(H,26,27)/b14-11-. The molecular weight excluding hydrogens is 506 g/mol. The molecule has 10 heteroatoms. The van der Waals surface area contributed by atoms with Gasteiger partial charge in [0.2, 0.25) is 10.0 Å². The van der Waals surface area contributed by atoms with Crippen molar-refractivity contribution < 1.29 is 17.6 Å². The van der Waals surface area contributed by atoms with Gasteiger partial charge < -0.3 is 9.73 Å². The molecule has 0 fully saturated rings. The molecule has 7 nitrogen and oxygen atoms in total. The minimum absolute atomic E-state index is 0.0922. The van der Waals surface area contributed by atoms with E-state index in [9.17, 15) is 18.5 Å². The first kappa shape index (κ1) is 22.8. The Morgan fingerprint density at radius 2 is 1.77 bits per heavy atom. The van der Waals surface area contributed by atoms with E-state index in [0.717, 1.165) is 4.47 Å². The summed E-state index contributed by atoms with van der Waals surface area (Å²) in [5, 5.41) is 12.4. The van der Waals surface area contributed by atoms with Crippen molar-refractivity contribution in [2.45, 2.75) is 11.4 Å². The van der Waals surface area contributed by atoms with Crippen LogP contribution in [0.5, 0.6) is 0 Å². The van der Waals surface area contributed by atoms with Gasteiger partial charge in [-0.2, -0.15) is 5.26 Å². The Balaban J connectivity index is 1.66. The van der Waals surface area contributed by atoms with E-state index < -0.39 is 15.9 Å². The Kier molecular flexibility index (Phi) is 7.30. The van der Waals surface area contributed by atoms with Crippen molar-refractivity contribution in [3.63, 3.8) is 0 Å². The fraction of sp³-hybridized carbons (Fsp3) is 0.0476. The summed E-state index contributed by atoms with van der Waals surface area (Å²) in [6, 6.07) is 17.6. The Morgan fingerprint density at radius 1 is 1.10 bits per heavy atom. The second kappa shape index (κ2) is 9.94. The Hall–Kier alpha value is -2.90. The van der Waals surface area contributed by atoms with Crippen LogP contribution in [0.1, 0.15) is 11.5 Å². The minimum Gasteiger partial charge on any atom is -0.460 e. The molecule has 0 aliphatic carbocycles. The lowest BCUT2D eigenvalue weighted by Gasteiger charge is -2.05. The van der Waals surface area contributed by atoms with E-state index in [0.29, 0.717) is 16.5 Å². The topological polar surface area (TPSA) is 112 Å². The van der Waals surface area contributed by atoms with E-state index in [2.05, 4.69) is 26.0 Å².